The summed E-state index contributed by atoms with van der Waals surface area (Å²) in [5.41, 5.74) is 3.49. The minimum Gasteiger partial charge on any atom is -0.313 e. The van der Waals surface area contributed by atoms with Gasteiger partial charge in [-0.2, -0.15) is 0 Å². The SMILES string of the molecule is O=Cc1cc(-c2ccccn2)c2ccccn12. The lowest BCUT2D eigenvalue weighted by atomic mass is 10.1. The van der Waals surface area contributed by atoms with Crippen LogP contribution < -0.4 is 0 Å². The molecule has 0 spiro atoms. The maximum atomic E-state index is 11.0. The number of hydrogen-bond acceptors (Lipinski definition) is 2. The normalized spacial score (nSPS) is 10.6. The highest BCUT2D eigenvalue weighted by atomic mass is 16.1. The van der Waals surface area contributed by atoms with E-state index >= 15 is 0 Å². The van der Waals surface area contributed by atoms with Gasteiger partial charge in [0.05, 0.1) is 16.9 Å². The maximum absolute atomic E-state index is 11.0. The Morgan fingerprint density at radius 3 is 2.76 bits per heavy atom. The molecule has 3 heterocycles. The molecule has 0 N–H and O–H groups in total. The van der Waals surface area contributed by atoms with E-state index in [0.717, 1.165) is 23.1 Å². The van der Waals surface area contributed by atoms with Crippen molar-refractivity contribution in [3.8, 4) is 11.3 Å². The molecule has 3 nitrogen and oxygen atoms in total. The molecular formula is C14H10N2O. The van der Waals surface area contributed by atoms with Crippen LogP contribution >= 0.6 is 0 Å². The van der Waals surface area contributed by atoms with Crippen LogP contribution in [0, 0.1) is 0 Å². The highest BCUT2D eigenvalue weighted by molar-refractivity contribution is 5.87. The average Bonchev–Trinajstić information content (AvgIpc) is 2.78. The van der Waals surface area contributed by atoms with Crippen LogP contribution in [0.25, 0.3) is 16.8 Å². The largest absolute Gasteiger partial charge is 0.313 e. The molecule has 17 heavy (non-hydrogen) atoms. The summed E-state index contributed by atoms with van der Waals surface area (Å²) in [6.45, 7) is 0. The standard InChI is InChI=1S/C14H10N2O/c17-10-11-9-12(13-5-1-3-7-15-13)14-6-2-4-8-16(11)14/h1-10H. The number of pyridine rings is 2. The second kappa shape index (κ2) is 3.87. The molecule has 82 valence electrons. The molecule has 0 radical (unpaired) electrons. The summed E-state index contributed by atoms with van der Waals surface area (Å²) in [5.74, 6) is 0. The van der Waals surface area contributed by atoms with Gasteiger partial charge in [0.1, 0.15) is 0 Å². The summed E-state index contributed by atoms with van der Waals surface area (Å²) in [5, 5.41) is 0. The van der Waals surface area contributed by atoms with Gasteiger partial charge < -0.3 is 4.40 Å². The third-order valence-electron chi connectivity index (χ3n) is 2.77. The third-order valence-corrected chi connectivity index (χ3v) is 2.77. The van der Waals surface area contributed by atoms with Crippen LogP contribution in [-0.2, 0) is 0 Å². The van der Waals surface area contributed by atoms with Crippen LogP contribution in [0.1, 0.15) is 10.5 Å². The zero-order valence-electron chi connectivity index (χ0n) is 9.08. The fourth-order valence-corrected chi connectivity index (χ4v) is 2.00. The quantitative estimate of drug-likeness (QED) is 0.625. The topological polar surface area (TPSA) is 34.4 Å². The molecule has 0 aliphatic rings. The molecule has 3 aromatic heterocycles. The van der Waals surface area contributed by atoms with Gasteiger partial charge in [-0.25, -0.2) is 0 Å². The van der Waals surface area contributed by atoms with Crippen molar-refractivity contribution in [1.29, 1.82) is 0 Å². The zero-order chi connectivity index (χ0) is 11.7. The van der Waals surface area contributed by atoms with Crippen LogP contribution in [-0.4, -0.2) is 15.7 Å². The molecule has 0 saturated heterocycles. The minimum atomic E-state index is 0.640. The molecular weight excluding hydrogens is 212 g/mol. The Kier molecular flexibility index (Phi) is 2.22. The lowest BCUT2D eigenvalue weighted by molar-refractivity contribution is 0.111. The lowest BCUT2D eigenvalue weighted by Gasteiger charge is -1.99. The van der Waals surface area contributed by atoms with Crippen molar-refractivity contribution < 1.29 is 4.79 Å². The van der Waals surface area contributed by atoms with Crippen molar-refractivity contribution in [3.05, 3.63) is 60.6 Å². The molecule has 0 aliphatic heterocycles. The summed E-state index contributed by atoms with van der Waals surface area (Å²) in [6, 6.07) is 13.5. The Balaban J connectivity index is 2.34. The fourth-order valence-electron chi connectivity index (χ4n) is 2.00. The molecule has 0 unspecified atom stereocenters. The summed E-state index contributed by atoms with van der Waals surface area (Å²) < 4.78 is 1.87. The summed E-state index contributed by atoms with van der Waals surface area (Å²) in [6.07, 6.45) is 4.49. The van der Waals surface area contributed by atoms with Gasteiger partial charge in [-0.15, -0.1) is 0 Å². The molecule has 0 amide bonds. The zero-order valence-corrected chi connectivity index (χ0v) is 9.08. The summed E-state index contributed by atoms with van der Waals surface area (Å²) in [4.78, 5) is 15.3. The van der Waals surface area contributed by atoms with Gasteiger partial charge in [0.15, 0.2) is 6.29 Å². The molecule has 0 aliphatic carbocycles. The van der Waals surface area contributed by atoms with E-state index in [-0.39, 0.29) is 0 Å². The molecule has 0 bridgehead atoms. The molecule has 0 aromatic carbocycles. The van der Waals surface area contributed by atoms with E-state index in [1.54, 1.807) is 6.20 Å². The Bertz CT molecular complexity index is 671. The predicted octanol–water partition coefficient (Wildman–Crippen LogP) is 2.81. The van der Waals surface area contributed by atoms with Gasteiger partial charge in [0.2, 0.25) is 0 Å². The second-order valence-corrected chi connectivity index (χ2v) is 3.77. The van der Waals surface area contributed by atoms with E-state index < -0.39 is 0 Å². The fraction of sp³-hybridized carbons (Fsp3) is 0. The predicted molar refractivity (Wildman–Crippen MR) is 66.0 cm³/mol. The van der Waals surface area contributed by atoms with Gasteiger partial charge in [0, 0.05) is 18.0 Å². The molecule has 3 aromatic rings. The van der Waals surface area contributed by atoms with E-state index in [4.69, 9.17) is 0 Å². The first-order chi connectivity index (χ1) is 8.40. The first-order valence-electron chi connectivity index (χ1n) is 5.37. The Hall–Kier alpha value is -2.42. The molecule has 0 fully saturated rings. The highest BCUT2D eigenvalue weighted by Gasteiger charge is 2.09. The minimum absolute atomic E-state index is 0.640. The van der Waals surface area contributed by atoms with Gasteiger partial charge in [-0.05, 0) is 30.3 Å². The summed E-state index contributed by atoms with van der Waals surface area (Å²) in [7, 11) is 0. The Morgan fingerprint density at radius 2 is 2.00 bits per heavy atom. The van der Waals surface area contributed by atoms with Crippen molar-refractivity contribution in [2.45, 2.75) is 0 Å². The van der Waals surface area contributed by atoms with Gasteiger partial charge >= 0.3 is 0 Å². The smallest absolute Gasteiger partial charge is 0.166 e. The Labute approximate surface area is 98.4 Å². The van der Waals surface area contributed by atoms with Crippen LogP contribution in [0.4, 0.5) is 0 Å². The average molecular weight is 222 g/mol. The lowest BCUT2D eigenvalue weighted by Crippen LogP contribution is -1.88. The number of hydrogen-bond donors (Lipinski definition) is 0. The van der Waals surface area contributed by atoms with Crippen molar-refractivity contribution in [2.24, 2.45) is 0 Å². The van der Waals surface area contributed by atoms with Crippen molar-refractivity contribution in [3.63, 3.8) is 0 Å². The van der Waals surface area contributed by atoms with E-state index in [1.807, 2.05) is 53.1 Å². The van der Waals surface area contributed by atoms with Crippen LogP contribution in [0.3, 0.4) is 0 Å². The molecule has 3 rings (SSSR count). The number of carbonyl (C=O) groups is 1. The first-order valence-corrected chi connectivity index (χ1v) is 5.37. The molecule has 0 saturated carbocycles. The number of carbonyl (C=O) groups excluding carboxylic acids is 1. The number of aromatic nitrogens is 2. The van der Waals surface area contributed by atoms with E-state index in [9.17, 15) is 4.79 Å². The Morgan fingerprint density at radius 1 is 1.12 bits per heavy atom. The first kappa shape index (κ1) is 9.78. The van der Waals surface area contributed by atoms with Gasteiger partial charge in [-0.3, -0.25) is 9.78 Å². The third kappa shape index (κ3) is 1.52. The van der Waals surface area contributed by atoms with Crippen LogP contribution in [0.2, 0.25) is 0 Å². The second-order valence-electron chi connectivity index (χ2n) is 3.77. The van der Waals surface area contributed by atoms with Gasteiger partial charge in [-0.1, -0.05) is 12.1 Å². The molecule has 3 heteroatoms. The number of nitrogens with zero attached hydrogens (tertiary/aromatic N) is 2. The van der Waals surface area contributed by atoms with Crippen LogP contribution in [0.15, 0.2) is 54.9 Å². The van der Waals surface area contributed by atoms with E-state index in [0.29, 0.717) is 5.69 Å². The number of fused-ring (bicyclic) bond motifs is 1. The van der Waals surface area contributed by atoms with Gasteiger partial charge in [0.25, 0.3) is 0 Å². The number of aldehydes is 1. The highest BCUT2D eigenvalue weighted by Crippen LogP contribution is 2.25. The molecule has 0 atom stereocenters. The van der Waals surface area contributed by atoms with E-state index in [1.165, 1.54) is 0 Å². The van der Waals surface area contributed by atoms with Crippen LogP contribution in [0.5, 0.6) is 0 Å². The van der Waals surface area contributed by atoms with Crippen molar-refractivity contribution in [2.75, 3.05) is 0 Å². The number of rotatable bonds is 2. The monoisotopic (exact) mass is 222 g/mol. The van der Waals surface area contributed by atoms with E-state index in [2.05, 4.69) is 4.98 Å². The van der Waals surface area contributed by atoms with Crippen molar-refractivity contribution >= 4 is 11.8 Å². The summed E-state index contributed by atoms with van der Waals surface area (Å²) >= 11 is 0. The maximum Gasteiger partial charge on any atom is 0.166 e. The van der Waals surface area contributed by atoms with Crippen molar-refractivity contribution in [1.82, 2.24) is 9.38 Å².